The number of fused-ring (bicyclic) bond motifs is 1. The zero-order valence-electron chi connectivity index (χ0n) is 11.7. The number of aryl methyl sites for hydroxylation is 1. The van der Waals surface area contributed by atoms with Crippen LogP contribution in [0.3, 0.4) is 0 Å². The summed E-state index contributed by atoms with van der Waals surface area (Å²) in [5.74, 6) is 0. The minimum absolute atomic E-state index is 1.06. The fourth-order valence-electron chi connectivity index (χ4n) is 2.16. The van der Waals surface area contributed by atoms with Gasteiger partial charge in [-0.05, 0) is 30.2 Å². The van der Waals surface area contributed by atoms with Crippen molar-refractivity contribution in [1.29, 1.82) is 0 Å². The smallest absolute Gasteiger partial charge is 0.0711 e. The quantitative estimate of drug-likeness (QED) is 0.575. The second-order valence-corrected chi connectivity index (χ2v) is 4.19. The van der Waals surface area contributed by atoms with Gasteiger partial charge in [0, 0.05) is 11.1 Å². The molecule has 0 atom stereocenters. The molecular weight excluding hydrogens is 230 g/mol. The molecule has 0 amide bonds. The average molecular weight is 249 g/mol. The monoisotopic (exact) mass is 249 g/mol. The second-order valence-electron chi connectivity index (χ2n) is 4.19. The third kappa shape index (κ3) is 2.82. The summed E-state index contributed by atoms with van der Waals surface area (Å²) >= 11 is 0. The Bertz CT molecular complexity index is 657. The summed E-state index contributed by atoms with van der Waals surface area (Å²) in [6, 6.07) is 20.9. The van der Waals surface area contributed by atoms with E-state index in [1.807, 2.05) is 32.9 Å². The van der Waals surface area contributed by atoms with Crippen molar-refractivity contribution in [1.82, 2.24) is 4.98 Å². The topological polar surface area (TPSA) is 12.9 Å². The molecule has 1 heterocycles. The Morgan fingerprint density at radius 2 is 1.42 bits per heavy atom. The molecule has 0 spiro atoms. The van der Waals surface area contributed by atoms with Crippen LogP contribution in [-0.4, -0.2) is 4.98 Å². The molecule has 0 aliphatic carbocycles. The van der Waals surface area contributed by atoms with Gasteiger partial charge >= 0.3 is 0 Å². The highest BCUT2D eigenvalue weighted by atomic mass is 14.7. The van der Waals surface area contributed by atoms with Crippen LogP contribution in [0.4, 0.5) is 0 Å². The van der Waals surface area contributed by atoms with Gasteiger partial charge in [0.15, 0.2) is 0 Å². The number of hydrogen-bond donors (Lipinski definition) is 0. The van der Waals surface area contributed by atoms with Crippen LogP contribution in [0.2, 0.25) is 0 Å². The van der Waals surface area contributed by atoms with Crippen molar-refractivity contribution in [3.05, 3.63) is 66.4 Å². The van der Waals surface area contributed by atoms with Crippen molar-refractivity contribution in [2.24, 2.45) is 0 Å². The summed E-state index contributed by atoms with van der Waals surface area (Å²) in [4.78, 5) is 4.56. The maximum atomic E-state index is 4.56. The molecule has 0 radical (unpaired) electrons. The van der Waals surface area contributed by atoms with Gasteiger partial charge in [-0.15, -0.1) is 0 Å². The Morgan fingerprint density at radius 1 is 0.789 bits per heavy atom. The number of pyridine rings is 1. The van der Waals surface area contributed by atoms with E-state index in [9.17, 15) is 0 Å². The summed E-state index contributed by atoms with van der Waals surface area (Å²) < 4.78 is 0. The molecular formula is C18H19N. The number of nitrogens with zero attached hydrogens (tertiary/aromatic N) is 1. The Balaban J connectivity index is 0.000000637. The SMILES string of the molecule is CC.Cc1cc(-c2ccccc2)c2ccccc2n1. The van der Waals surface area contributed by atoms with Gasteiger partial charge in [-0.3, -0.25) is 4.98 Å². The van der Waals surface area contributed by atoms with Gasteiger partial charge < -0.3 is 0 Å². The van der Waals surface area contributed by atoms with Gasteiger partial charge in [0.1, 0.15) is 0 Å². The molecule has 0 saturated heterocycles. The molecule has 1 nitrogen and oxygen atoms in total. The predicted molar refractivity (Wildman–Crippen MR) is 83.3 cm³/mol. The van der Waals surface area contributed by atoms with Gasteiger partial charge in [-0.1, -0.05) is 62.4 Å². The molecule has 1 aromatic heterocycles. The second kappa shape index (κ2) is 6.14. The van der Waals surface area contributed by atoms with E-state index in [2.05, 4.69) is 53.5 Å². The van der Waals surface area contributed by atoms with E-state index in [4.69, 9.17) is 0 Å². The number of para-hydroxylation sites is 1. The molecule has 3 aromatic rings. The molecule has 19 heavy (non-hydrogen) atoms. The van der Waals surface area contributed by atoms with E-state index in [1.54, 1.807) is 0 Å². The standard InChI is InChI=1S/C16H13N.C2H6/c1-12-11-15(13-7-3-2-4-8-13)14-9-5-6-10-16(14)17-12;1-2/h2-11H,1H3;1-2H3. The van der Waals surface area contributed by atoms with Crippen LogP contribution in [0.15, 0.2) is 60.7 Å². The van der Waals surface area contributed by atoms with Crippen LogP contribution in [0.5, 0.6) is 0 Å². The molecule has 0 N–H and O–H groups in total. The first-order valence-corrected chi connectivity index (χ1v) is 6.76. The molecule has 0 fully saturated rings. The fraction of sp³-hybridized carbons (Fsp3) is 0.167. The fourth-order valence-corrected chi connectivity index (χ4v) is 2.16. The van der Waals surface area contributed by atoms with Gasteiger partial charge in [0.05, 0.1) is 5.52 Å². The van der Waals surface area contributed by atoms with Crippen molar-refractivity contribution in [3.8, 4) is 11.1 Å². The molecule has 3 rings (SSSR count). The number of aromatic nitrogens is 1. The first-order valence-electron chi connectivity index (χ1n) is 6.76. The third-order valence-electron chi connectivity index (χ3n) is 2.93. The molecule has 1 heteroatoms. The van der Waals surface area contributed by atoms with Crippen molar-refractivity contribution < 1.29 is 0 Å². The lowest BCUT2D eigenvalue weighted by atomic mass is 10.0. The number of rotatable bonds is 1. The number of hydrogen-bond acceptors (Lipinski definition) is 1. The van der Waals surface area contributed by atoms with Crippen LogP contribution in [-0.2, 0) is 0 Å². The summed E-state index contributed by atoms with van der Waals surface area (Å²) in [5, 5.41) is 1.21. The maximum Gasteiger partial charge on any atom is 0.0711 e. The van der Waals surface area contributed by atoms with Gasteiger partial charge in [-0.25, -0.2) is 0 Å². The van der Waals surface area contributed by atoms with Crippen LogP contribution in [0.25, 0.3) is 22.0 Å². The molecule has 0 aliphatic heterocycles. The molecule has 96 valence electrons. The predicted octanol–water partition coefficient (Wildman–Crippen LogP) is 5.24. The average Bonchev–Trinajstić information content (AvgIpc) is 2.49. The maximum absolute atomic E-state index is 4.56. The van der Waals surface area contributed by atoms with Crippen molar-refractivity contribution in [3.63, 3.8) is 0 Å². The van der Waals surface area contributed by atoms with Crippen molar-refractivity contribution in [2.45, 2.75) is 20.8 Å². The Labute approximate surface area is 114 Å². The van der Waals surface area contributed by atoms with E-state index in [0.29, 0.717) is 0 Å². The van der Waals surface area contributed by atoms with E-state index in [-0.39, 0.29) is 0 Å². The zero-order valence-corrected chi connectivity index (χ0v) is 11.7. The molecule has 0 aliphatic rings. The molecule has 2 aromatic carbocycles. The highest BCUT2D eigenvalue weighted by molar-refractivity contribution is 5.94. The summed E-state index contributed by atoms with van der Waals surface area (Å²) in [7, 11) is 0. The van der Waals surface area contributed by atoms with E-state index < -0.39 is 0 Å². The summed E-state index contributed by atoms with van der Waals surface area (Å²) in [6.07, 6.45) is 0. The van der Waals surface area contributed by atoms with E-state index >= 15 is 0 Å². The van der Waals surface area contributed by atoms with Gasteiger partial charge in [-0.2, -0.15) is 0 Å². The highest BCUT2D eigenvalue weighted by Gasteiger charge is 2.04. The Kier molecular flexibility index (Phi) is 4.30. The van der Waals surface area contributed by atoms with E-state index in [1.165, 1.54) is 16.5 Å². The third-order valence-corrected chi connectivity index (χ3v) is 2.93. The van der Waals surface area contributed by atoms with E-state index in [0.717, 1.165) is 11.2 Å². The summed E-state index contributed by atoms with van der Waals surface area (Å²) in [6.45, 7) is 6.04. The lowest BCUT2D eigenvalue weighted by Gasteiger charge is -2.07. The Hall–Kier alpha value is -2.15. The minimum atomic E-state index is 1.06. The van der Waals surface area contributed by atoms with Crippen LogP contribution in [0.1, 0.15) is 19.5 Å². The molecule has 0 unspecified atom stereocenters. The van der Waals surface area contributed by atoms with Gasteiger partial charge in [0.2, 0.25) is 0 Å². The summed E-state index contributed by atoms with van der Waals surface area (Å²) in [5.41, 5.74) is 4.62. The first-order chi connectivity index (χ1) is 9.34. The lowest BCUT2D eigenvalue weighted by Crippen LogP contribution is -1.87. The molecule has 0 saturated carbocycles. The molecule has 0 bridgehead atoms. The zero-order chi connectivity index (χ0) is 13.7. The van der Waals surface area contributed by atoms with Gasteiger partial charge in [0.25, 0.3) is 0 Å². The van der Waals surface area contributed by atoms with Crippen molar-refractivity contribution >= 4 is 10.9 Å². The normalized spacial score (nSPS) is 9.84. The van der Waals surface area contributed by atoms with Crippen LogP contribution < -0.4 is 0 Å². The van der Waals surface area contributed by atoms with Crippen LogP contribution >= 0.6 is 0 Å². The Morgan fingerprint density at radius 3 is 2.16 bits per heavy atom. The lowest BCUT2D eigenvalue weighted by molar-refractivity contribution is 1.26. The largest absolute Gasteiger partial charge is 0.253 e. The number of benzene rings is 2. The van der Waals surface area contributed by atoms with Crippen LogP contribution in [0, 0.1) is 6.92 Å². The van der Waals surface area contributed by atoms with Crippen molar-refractivity contribution in [2.75, 3.05) is 0 Å². The highest BCUT2D eigenvalue weighted by Crippen LogP contribution is 2.28. The minimum Gasteiger partial charge on any atom is -0.253 e. The first kappa shape index (κ1) is 13.3.